The molecule has 0 unspecified atom stereocenters. The van der Waals surface area contributed by atoms with Crippen molar-refractivity contribution in [2.75, 3.05) is 6.54 Å². The first-order valence-corrected chi connectivity index (χ1v) is 9.27. The van der Waals surface area contributed by atoms with Crippen LogP contribution in [-0.2, 0) is 4.79 Å². The molecule has 0 spiro atoms. The van der Waals surface area contributed by atoms with E-state index in [2.05, 4.69) is 31.0 Å². The minimum Gasteiger partial charge on any atom is -0.352 e. The first kappa shape index (κ1) is 20.9. The van der Waals surface area contributed by atoms with E-state index in [1.807, 2.05) is 0 Å². The van der Waals surface area contributed by atoms with E-state index in [0.717, 1.165) is 13.0 Å². The molecule has 0 radical (unpaired) electrons. The van der Waals surface area contributed by atoms with Gasteiger partial charge in [0.15, 0.2) is 0 Å². The summed E-state index contributed by atoms with van der Waals surface area (Å²) in [4.78, 5) is 11.3. The summed E-state index contributed by atoms with van der Waals surface area (Å²) in [6.07, 6.45) is 20.2. The van der Waals surface area contributed by atoms with Crippen LogP contribution >= 0.6 is 0 Å². The number of allylic oxidation sites excluding steroid dienone is 2. The molecule has 2 heteroatoms. The molecule has 0 aliphatic heterocycles. The minimum absolute atomic E-state index is 0.0125. The lowest BCUT2D eigenvalue weighted by Crippen LogP contribution is -2.24. The number of amides is 1. The average Bonchev–Trinajstić information content (AvgIpc) is 2.50. The maximum absolute atomic E-state index is 11.3. The monoisotopic (exact) mass is 307 g/mol. The van der Waals surface area contributed by atoms with Crippen molar-refractivity contribution in [3.8, 4) is 0 Å². The molecule has 0 aliphatic carbocycles. The summed E-state index contributed by atoms with van der Waals surface area (Å²) < 4.78 is 0. The van der Waals surface area contributed by atoms with Gasteiger partial charge in [-0.3, -0.25) is 4.79 Å². The molecule has 0 aromatic carbocycles. The van der Waals surface area contributed by atoms with Crippen molar-refractivity contribution in [3.63, 3.8) is 0 Å². The highest BCUT2D eigenvalue weighted by Gasteiger charge is 1.99. The third-order valence-electron chi connectivity index (χ3n) is 3.86. The van der Waals surface area contributed by atoms with E-state index >= 15 is 0 Å². The Morgan fingerprint density at radius 1 is 0.864 bits per heavy atom. The van der Waals surface area contributed by atoms with Crippen molar-refractivity contribution < 1.29 is 4.79 Å². The summed E-state index contributed by atoms with van der Waals surface area (Å²) in [6.45, 7) is 8.41. The number of nitrogens with one attached hydrogen (secondary N) is 1. The van der Waals surface area contributed by atoms with Crippen LogP contribution in [0, 0.1) is 0 Å². The normalized spacial score (nSPS) is 11.0. The molecular formula is C20H37NO. The standard InChI is InChI=1S/C20H37NO/c1-4-5-6-7-8-9-10-11-12-13-14-15-16-17-18-21-20(22)19(2)3/h9-10H,2,4-8,11-18H2,1,3H3,(H,21,22)/b10-9-. The molecule has 0 fully saturated rings. The summed E-state index contributed by atoms with van der Waals surface area (Å²) in [6, 6.07) is 0. The lowest BCUT2D eigenvalue weighted by atomic mass is 10.1. The summed E-state index contributed by atoms with van der Waals surface area (Å²) >= 11 is 0. The van der Waals surface area contributed by atoms with Crippen LogP contribution in [0.4, 0.5) is 0 Å². The highest BCUT2D eigenvalue weighted by atomic mass is 16.1. The van der Waals surface area contributed by atoms with Gasteiger partial charge in [0.25, 0.3) is 0 Å². The summed E-state index contributed by atoms with van der Waals surface area (Å²) in [7, 11) is 0. The minimum atomic E-state index is -0.0125. The molecule has 1 N–H and O–H groups in total. The SMILES string of the molecule is C=C(C)C(=O)NCCCCCCCC/C=C\CCCCCC. The van der Waals surface area contributed by atoms with Crippen LogP contribution in [0.2, 0.25) is 0 Å². The van der Waals surface area contributed by atoms with Crippen molar-refractivity contribution in [1.29, 1.82) is 0 Å². The van der Waals surface area contributed by atoms with Crippen LogP contribution < -0.4 is 5.32 Å². The smallest absolute Gasteiger partial charge is 0.246 e. The zero-order chi connectivity index (χ0) is 16.5. The topological polar surface area (TPSA) is 29.1 Å². The van der Waals surface area contributed by atoms with E-state index in [-0.39, 0.29) is 5.91 Å². The van der Waals surface area contributed by atoms with E-state index in [9.17, 15) is 4.79 Å². The van der Waals surface area contributed by atoms with Crippen LogP contribution in [0.5, 0.6) is 0 Å². The fraction of sp³-hybridized carbons (Fsp3) is 0.750. The summed E-state index contributed by atoms with van der Waals surface area (Å²) in [5.41, 5.74) is 0.596. The molecule has 1 amide bonds. The Morgan fingerprint density at radius 2 is 1.36 bits per heavy atom. The van der Waals surface area contributed by atoms with E-state index in [4.69, 9.17) is 0 Å². The maximum Gasteiger partial charge on any atom is 0.246 e. The van der Waals surface area contributed by atoms with Crippen LogP contribution in [0.3, 0.4) is 0 Å². The number of carbonyl (C=O) groups excluding carboxylic acids is 1. The third kappa shape index (κ3) is 15.3. The van der Waals surface area contributed by atoms with Gasteiger partial charge in [0, 0.05) is 12.1 Å². The largest absolute Gasteiger partial charge is 0.352 e. The van der Waals surface area contributed by atoms with Gasteiger partial charge in [0.05, 0.1) is 0 Å². The van der Waals surface area contributed by atoms with Crippen LogP contribution in [0.1, 0.15) is 90.9 Å². The second-order valence-corrected chi connectivity index (χ2v) is 6.27. The Bertz CT molecular complexity index is 307. The molecule has 0 aromatic rings. The average molecular weight is 308 g/mol. The molecule has 0 atom stereocenters. The zero-order valence-corrected chi connectivity index (χ0v) is 15.0. The van der Waals surface area contributed by atoms with Crippen molar-refractivity contribution in [2.45, 2.75) is 90.9 Å². The van der Waals surface area contributed by atoms with Gasteiger partial charge >= 0.3 is 0 Å². The first-order chi connectivity index (χ1) is 10.7. The van der Waals surface area contributed by atoms with Crippen LogP contribution in [0.15, 0.2) is 24.3 Å². The van der Waals surface area contributed by atoms with Crippen LogP contribution in [0.25, 0.3) is 0 Å². The number of unbranched alkanes of at least 4 members (excludes halogenated alkanes) is 10. The van der Waals surface area contributed by atoms with Gasteiger partial charge in [-0.1, -0.05) is 70.6 Å². The number of rotatable bonds is 15. The van der Waals surface area contributed by atoms with Crippen LogP contribution in [-0.4, -0.2) is 12.5 Å². The Labute approximate surface area is 138 Å². The van der Waals surface area contributed by atoms with E-state index in [1.165, 1.54) is 70.6 Å². The van der Waals surface area contributed by atoms with Crippen molar-refractivity contribution >= 4 is 5.91 Å². The summed E-state index contributed by atoms with van der Waals surface area (Å²) in [5.74, 6) is -0.0125. The molecular weight excluding hydrogens is 270 g/mol. The predicted molar refractivity (Wildman–Crippen MR) is 98.0 cm³/mol. The highest BCUT2D eigenvalue weighted by Crippen LogP contribution is 2.08. The van der Waals surface area contributed by atoms with Gasteiger partial charge in [0.1, 0.15) is 0 Å². The van der Waals surface area contributed by atoms with Crippen molar-refractivity contribution in [2.24, 2.45) is 0 Å². The number of hydrogen-bond donors (Lipinski definition) is 1. The highest BCUT2D eigenvalue weighted by molar-refractivity contribution is 5.91. The molecule has 22 heavy (non-hydrogen) atoms. The van der Waals surface area contributed by atoms with Gasteiger partial charge in [-0.2, -0.15) is 0 Å². The molecule has 0 bridgehead atoms. The lowest BCUT2D eigenvalue weighted by Gasteiger charge is -2.04. The summed E-state index contributed by atoms with van der Waals surface area (Å²) in [5, 5.41) is 2.88. The quantitative estimate of drug-likeness (QED) is 0.226. The lowest BCUT2D eigenvalue weighted by molar-refractivity contribution is -0.117. The Morgan fingerprint density at radius 3 is 1.91 bits per heavy atom. The predicted octanol–water partition coefficient (Wildman–Crippen LogP) is 5.94. The van der Waals surface area contributed by atoms with Gasteiger partial charge < -0.3 is 5.32 Å². The van der Waals surface area contributed by atoms with Crippen molar-refractivity contribution in [3.05, 3.63) is 24.3 Å². The fourth-order valence-corrected chi connectivity index (χ4v) is 2.37. The Balaban J connectivity index is 3.15. The van der Waals surface area contributed by atoms with Gasteiger partial charge in [-0.05, 0) is 39.0 Å². The maximum atomic E-state index is 11.3. The molecule has 0 rings (SSSR count). The van der Waals surface area contributed by atoms with Gasteiger partial charge in [-0.15, -0.1) is 0 Å². The van der Waals surface area contributed by atoms with Crippen molar-refractivity contribution in [1.82, 2.24) is 5.32 Å². The molecule has 0 saturated heterocycles. The Hall–Kier alpha value is -1.05. The molecule has 0 heterocycles. The molecule has 128 valence electrons. The number of carbonyl (C=O) groups is 1. The molecule has 2 nitrogen and oxygen atoms in total. The molecule has 0 aromatic heterocycles. The fourth-order valence-electron chi connectivity index (χ4n) is 2.37. The molecule has 0 aliphatic rings. The van der Waals surface area contributed by atoms with E-state index < -0.39 is 0 Å². The van der Waals surface area contributed by atoms with E-state index in [0.29, 0.717) is 5.57 Å². The zero-order valence-electron chi connectivity index (χ0n) is 15.0. The first-order valence-electron chi connectivity index (χ1n) is 9.27. The molecule has 0 saturated carbocycles. The number of hydrogen-bond acceptors (Lipinski definition) is 1. The second-order valence-electron chi connectivity index (χ2n) is 6.27. The second kappa shape index (κ2) is 16.3. The third-order valence-corrected chi connectivity index (χ3v) is 3.86. The van der Waals surface area contributed by atoms with Gasteiger partial charge in [-0.25, -0.2) is 0 Å². The van der Waals surface area contributed by atoms with Gasteiger partial charge in [0.2, 0.25) is 5.91 Å². The van der Waals surface area contributed by atoms with E-state index in [1.54, 1.807) is 6.92 Å². The Kier molecular flexibility index (Phi) is 15.5.